The number of anilines is 1. The molecule has 0 aliphatic rings. The van der Waals surface area contributed by atoms with Crippen LogP contribution in [0.2, 0.25) is 5.02 Å². The number of rotatable bonds is 5. The smallest absolute Gasteiger partial charge is 0.270 e. The molecule has 0 bridgehead atoms. The first-order valence-corrected chi connectivity index (χ1v) is 8.58. The van der Waals surface area contributed by atoms with Gasteiger partial charge >= 0.3 is 0 Å². The molecule has 0 fully saturated rings. The first-order chi connectivity index (χ1) is 13.1. The van der Waals surface area contributed by atoms with Gasteiger partial charge in [-0.1, -0.05) is 29.8 Å². The molecule has 0 radical (unpaired) electrons. The Bertz CT molecular complexity index is 1110. The predicted octanol–water partition coefficient (Wildman–Crippen LogP) is 2.59. The van der Waals surface area contributed by atoms with Crippen molar-refractivity contribution in [3.05, 3.63) is 65.0 Å². The zero-order chi connectivity index (χ0) is 18.8. The maximum Gasteiger partial charge on any atom is 0.270 e. The summed E-state index contributed by atoms with van der Waals surface area (Å²) >= 11 is 6.12. The number of hydrogen-bond donors (Lipinski definition) is 2. The largest absolute Gasteiger partial charge is 0.461 e. The summed E-state index contributed by atoms with van der Waals surface area (Å²) in [7, 11) is 0. The molecule has 4 rings (SSSR count). The lowest BCUT2D eigenvalue weighted by Crippen LogP contribution is -2.27. The van der Waals surface area contributed by atoms with Crippen molar-refractivity contribution < 1.29 is 9.21 Å². The van der Waals surface area contributed by atoms with Gasteiger partial charge in [0.25, 0.3) is 5.91 Å². The summed E-state index contributed by atoms with van der Waals surface area (Å²) in [5, 5.41) is 7.72. The van der Waals surface area contributed by atoms with Gasteiger partial charge in [0.05, 0.1) is 6.26 Å². The maximum absolute atomic E-state index is 12.4. The summed E-state index contributed by atoms with van der Waals surface area (Å²) in [6.07, 6.45) is 2.14. The SMILES string of the molecule is Nc1nc(C(=O)NCCc2ccccc2Cl)cc2nc(-c3ccco3)nn12. The van der Waals surface area contributed by atoms with Crippen LogP contribution in [0, 0.1) is 0 Å². The van der Waals surface area contributed by atoms with E-state index < -0.39 is 0 Å². The van der Waals surface area contributed by atoms with E-state index in [9.17, 15) is 4.79 Å². The van der Waals surface area contributed by atoms with Gasteiger partial charge in [-0.25, -0.2) is 9.97 Å². The predicted molar refractivity (Wildman–Crippen MR) is 100 cm³/mol. The summed E-state index contributed by atoms with van der Waals surface area (Å²) in [4.78, 5) is 20.9. The van der Waals surface area contributed by atoms with Gasteiger partial charge in [0.2, 0.25) is 11.8 Å². The number of fused-ring (bicyclic) bond motifs is 1. The van der Waals surface area contributed by atoms with Gasteiger partial charge < -0.3 is 15.5 Å². The van der Waals surface area contributed by atoms with Gasteiger partial charge in [0, 0.05) is 17.6 Å². The molecule has 3 aromatic heterocycles. The van der Waals surface area contributed by atoms with Crippen LogP contribution < -0.4 is 11.1 Å². The molecule has 3 heterocycles. The topological polar surface area (TPSA) is 111 Å². The average Bonchev–Trinajstić information content (AvgIpc) is 3.32. The van der Waals surface area contributed by atoms with E-state index in [1.54, 1.807) is 12.1 Å². The number of nitrogens with one attached hydrogen (secondary N) is 1. The second kappa shape index (κ2) is 7.08. The molecule has 8 nitrogen and oxygen atoms in total. The zero-order valence-corrected chi connectivity index (χ0v) is 14.8. The summed E-state index contributed by atoms with van der Waals surface area (Å²) in [6.45, 7) is 0.416. The number of aromatic nitrogens is 4. The Hall–Kier alpha value is -3.39. The standard InChI is InChI=1S/C18H15ClN6O2/c19-12-5-2-1-4-11(12)7-8-21-17(26)13-10-15-23-16(14-6-3-9-27-14)24-25(15)18(20)22-13/h1-6,9-10H,7-8H2,(H2,20,22)(H,21,26). The third kappa shape index (κ3) is 3.47. The molecule has 0 unspecified atom stereocenters. The Morgan fingerprint density at radius 3 is 2.85 bits per heavy atom. The van der Waals surface area contributed by atoms with Crippen LogP contribution in [-0.2, 0) is 6.42 Å². The number of amides is 1. The van der Waals surface area contributed by atoms with Crippen LogP contribution in [0.15, 0.2) is 53.1 Å². The van der Waals surface area contributed by atoms with E-state index in [-0.39, 0.29) is 17.5 Å². The molecular weight excluding hydrogens is 368 g/mol. The zero-order valence-electron chi connectivity index (χ0n) is 14.1. The fraction of sp³-hybridized carbons (Fsp3) is 0.111. The van der Waals surface area contributed by atoms with Crippen molar-refractivity contribution in [2.45, 2.75) is 6.42 Å². The minimum atomic E-state index is -0.348. The summed E-state index contributed by atoms with van der Waals surface area (Å²) in [5.41, 5.74) is 7.46. The fourth-order valence-electron chi connectivity index (χ4n) is 2.64. The van der Waals surface area contributed by atoms with Gasteiger partial charge in [-0.2, -0.15) is 4.52 Å². The highest BCUT2D eigenvalue weighted by molar-refractivity contribution is 6.31. The lowest BCUT2D eigenvalue weighted by atomic mass is 10.1. The number of nitrogen functional groups attached to an aromatic ring is 1. The number of carbonyl (C=O) groups excluding carboxylic acids is 1. The Labute approximate surface area is 159 Å². The summed E-state index contributed by atoms with van der Waals surface area (Å²) < 4.78 is 6.64. The van der Waals surface area contributed by atoms with Crippen molar-refractivity contribution in [3.8, 4) is 11.6 Å². The van der Waals surface area contributed by atoms with E-state index in [1.165, 1.54) is 16.8 Å². The molecule has 0 aliphatic heterocycles. The third-order valence-corrected chi connectivity index (χ3v) is 4.33. The molecule has 9 heteroatoms. The van der Waals surface area contributed by atoms with Crippen LogP contribution in [0.3, 0.4) is 0 Å². The molecule has 4 aromatic rings. The lowest BCUT2D eigenvalue weighted by molar-refractivity contribution is 0.0949. The Morgan fingerprint density at radius 1 is 1.22 bits per heavy atom. The highest BCUT2D eigenvalue weighted by Crippen LogP contribution is 2.18. The summed E-state index contributed by atoms with van der Waals surface area (Å²) in [6, 6.07) is 12.5. The molecule has 3 N–H and O–H groups in total. The average molecular weight is 383 g/mol. The molecule has 0 spiro atoms. The van der Waals surface area contributed by atoms with Crippen LogP contribution in [0.5, 0.6) is 0 Å². The van der Waals surface area contributed by atoms with Crippen molar-refractivity contribution in [3.63, 3.8) is 0 Å². The molecule has 1 aromatic carbocycles. The van der Waals surface area contributed by atoms with E-state index in [1.807, 2.05) is 24.3 Å². The van der Waals surface area contributed by atoms with Crippen molar-refractivity contribution in [2.24, 2.45) is 0 Å². The molecule has 1 amide bonds. The van der Waals surface area contributed by atoms with Crippen molar-refractivity contribution >= 4 is 29.1 Å². The first kappa shape index (κ1) is 17.0. The third-order valence-electron chi connectivity index (χ3n) is 3.96. The van der Waals surface area contributed by atoms with Crippen LogP contribution in [0.25, 0.3) is 17.2 Å². The van der Waals surface area contributed by atoms with Gasteiger partial charge in [-0.05, 0) is 30.2 Å². The van der Waals surface area contributed by atoms with Gasteiger partial charge in [0.15, 0.2) is 11.4 Å². The Balaban J connectivity index is 1.51. The minimum Gasteiger partial charge on any atom is -0.461 e. The normalized spacial score (nSPS) is 11.0. The Morgan fingerprint density at radius 2 is 2.07 bits per heavy atom. The molecule has 0 saturated carbocycles. The number of nitrogens with zero attached hydrogens (tertiary/aromatic N) is 4. The first-order valence-electron chi connectivity index (χ1n) is 8.20. The van der Waals surface area contributed by atoms with Gasteiger partial charge in [-0.15, -0.1) is 5.10 Å². The molecule has 136 valence electrons. The summed E-state index contributed by atoms with van der Waals surface area (Å²) in [5.74, 6) is 0.585. The number of benzene rings is 1. The van der Waals surface area contributed by atoms with E-state index >= 15 is 0 Å². The van der Waals surface area contributed by atoms with Crippen LogP contribution in [-0.4, -0.2) is 32.0 Å². The van der Waals surface area contributed by atoms with E-state index in [0.29, 0.717) is 35.2 Å². The highest BCUT2D eigenvalue weighted by atomic mass is 35.5. The quantitative estimate of drug-likeness (QED) is 0.548. The molecular formula is C18H15ClN6O2. The van der Waals surface area contributed by atoms with E-state index in [0.717, 1.165) is 5.56 Å². The second-order valence-electron chi connectivity index (χ2n) is 5.78. The molecule has 0 saturated heterocycles. The molecule has 27 heavy (non-hydrogen) atoms. The van der Waals surface area contributed by atoms with E-state index in [4.69, 9.17) is 21.8 Å². The number of nitrogens with two attached hydrogens (primary N) is 1. The maximum atomic E-state index is 12.4. The van der Waals surface area contributed by atoms with Crippen LogP contribution in [0.4, 0.5) is 5.95 Å². The monoisotopic (exact) mass is 382 g/mol. The van der Waals surface area contributed by atoms with Gasteiger partial charge in [0.1, 0.15) is 5.69 Å². The number of furan rings is 1. The van der Waals surface area contributed by atoms with Crippen LogP contribution >= 0.6 is 11.6 Å². The number of hydrogen-bond acceptors (Lipinski definition) is 6. The Kier molecular flexibility index (Phi) is 4.47. The molecule has 0 atom stereocenters. The number of halogens is 1. The van der Waals surface area contributed by atoms with Gasteiger partial charge in [-0.3, -0.25) is 4.79 Å². The van der Waals surface area contributed by atoms with Crippen molar-refractivity contribution in [1.82, 2.24) is 24.9 Å². The highest BCUT2D eigenvalue weighted by Gasteiger charge is 2.15. The van der Waals surface area contributed by atoms with Crippen molar-refractivity contribution in [2.75, 3.05) is 12.3 Å². The fourth-order valence-corrected chi connectivity index (χ4v) is 2.87. The van der Waals surface area contributed by atoms with Crippen LogP contribution in [0.1, 0.15) is 16.1 Å². The molecule has 0 aliphatic carbocycles. The van der Waals surface area contributed by atoms with Crippen molar-refractivity contribution in [1.29, 1.82) is 0 Å². The van der Waals surface area contributed by atoms with E-state index in [2.05, 4.69) is 20.4 Å². The number of carbonyl (C=O) groups is 1. The minimum absolute atomic E-state index is 0.0639. The lowest BCUT2D eigenvalue weighted by Gasteiger charge is -2.07. The second-order valence-corrected chi connectivity index (χ2v) is 6.19.